The zero-order chi connectivity index (χ0) is 18.7. The molecule has 3 rings (SSSR count). The molecule has 0 aliphatic rings. The van der Waals surface area contributed by atoms with Crippen LogP contribution in [0.1, 0.15) is 0 Å². The Morgan fingerprint density at radius 2 is 1.58 bits per heavy atom. The van der Waals surface area contributed by atoms with E-state index in [1.54, 1.807) is 31.4 Å². The maximum atomic E-state index is 13.7. The van der Waals surface area contributed by atoms with Crippen LogP contribution in [0.2, 0.25) is 0 Å². The first-order valence-electron chi connectivity index (χ1n) is 7.33. The van der Waals surface area contributed by atoms with Crippen LogP contribution in [0, 0.1) is 23.3 Å². The van der Waals surface area contributed by atoms with E-state index < -0.39 is 29.0 Å². The van der Waals surface area contributed by atoms with Crippen LogP contribution in [-0.2, 0) is 0 Å². The number of nitrogens with zero attached hydrogens (tertiary/aromatic N) is 3. The summed E-state index contributed by atoms with van der Waals surface area (Å²) in [6.07, 6.45) is 1.57. The summed E-state index contributed by atoms with van der Waals surface area (Å²) >= 11 is 0. The number of rotatable bonds is 5. The van der Waals surface area contributed by atoms with Crippen molar-refractivity contribution in [1.29, 1.82) is 0 Å². The minimum absolute atomic E-state index is 0.0912. The third-order valence-electron chi connectivity index (χ3n) is 3.30. The molecule has 26 heavy (non-hydrogen) atoms. The van der Waals surface area contributed by atoms with Crippen molar-refractivity contribution in [2.24, 2.45) is 0 Å². The summed E-state index contributed by atoms with van der Waals surface area (Å²) in [4.78, 5) is 12.4. The number of anilines is 3. The second kappa shape index (κ2) is 7.21. The van der Waals surface area contributed by atoms with Crippen LogP contribution >= 0.6 is 0 Å². The van der Waals surface area contributed by atoms with E-state index in [0.717, 1.165) is 0 Å². The fourth-order valence-electron chi connectivity index (χ4n) is 2.08. The topological polar surface area (TPSA) is 74.8 Å². The third-order valence-corrected chi connectivity index (χ3v) is 3.30. The van der Waals surface area contributed by atoms with E-state index in [4.69, 9.17) is 0 Å². The zero-order valence-electron chi connectivity index (χ0n) is 13.3. The van der Waals surface area contributed by atoms with Crippen LogP contribution in [-0.4, -0.2) is 22.0 Å². The first kappa shape index (κ1) is 17.4. The highest BCUT2D eigenvalue weighted by Gasteiger charge is 2.19. The third kappa shape index (κ3) is 3.48. The minimum Gasteiger partial charge on any atom is -0.357 e. The van der Waals surface area contributed by atoms with Crippen molar-refractivity contribution in [3.05, 3.63) is 59.8 Å². The van der Waals surface area contributed by atoms with E-state index in [9.17, 15) is 17.6 Å². The molecule has 0 saturated carbocycles. The maximum absolute atomic E-state index is 13.7. The van der Waals surface area contributed by atoms with Gasteiger partial charge in [0.1, 0.15) is 5.69 Å². The Bertz CT molecular complexity index is 910. The van der Waals surface area contributed by atoms with Crippen molar-refractivity contribution < 1.29 is 17.6 Å². The van der Waals surface area contributed by atoms with Crippen LogP contribution in [0.3, 0.4) is 0 Å². The molecule has 2 aromatic heterocycles. The Labute approximate surface area is 145 Å². The Morgan fingerprint density at radius 3 is 2.19 bits per heavy atom. The first-order chi connectivity index (χ1) is 12.5. The Balaban J connectivity index is 1.92. The molecule has 0 saturated heterocycles. The smallest absolute Gasteiger partial charge is 0.225 e. The van der Waals surface area contributed by atoms with E-state index in [1.165, 1.54) is 6.07 Å². The molecule has 0 bridgehead atoms. The average Bonchev–Trinajstić information content (AvgIpc) is 2.67. The molecule has 6 nitrogen and oxygen atoms in total. The fourth-order valence-corrected chi connectivity index (χ4v) is 2.08. The highest BCUT2D eigenvalue weighted by Crippen LogP contribution is 2.25. The van der Waals surface area contributed by atoms with Crippen molar-refractivity contribution >= 4 is 17.5 Å². The first-order valence-corrected chi connectivity index (χ1v) is 7.33. The summed E-state index contributed by atoms with van der Waals surface area (Å²) in [5, 5.41) is 2.73. The highest BCUT2D eigenvalue weighted by atomic mass is 19.2. The van der Waals surface area contributed by atoms with Crippen molar-refractivity contribution in [1.82, 2.24) is 15.0 Å². The molecule has 0 fully saturated rings. The van der Waals surface area contributed by atoms with Gasteiger partial charge in [-0.2, -0.15) is 4.98 Å². The van der Waals surface area contributed by atoms with E-state index in [0.29, 0.717) is 11.4 Å². The Morgan fingerprint density at radius 1 is 0.846 bits per heavy atom. The van der Waals surface area contributed by atoms with Crippen LogP contribution in [0.25, 0.3) is 11.4 Å². The molecule has 1 aromatic carbocycles. The number of aromatic nitrogens is 3. The Hall–Kier alpha value is -3.43. The van der Waals surface area contributed by atoms with Gasteiger partial charge in [0.05, 0.1) is 11.4 Å². The monoisotopic (exact) mass is 364 g/mol. The van der Waals surface area contributed by atoms with Gasteiger partial charge in [-0.3, -0.25) is 15.8 Å². The summed E-state index contributed by atoms with van der Waals surface area (Å²) in [6.45, 7) is 0. The minimum atomic E-state index is -1.57. The van der Waals surface area contributed by atoms with Gasteiger partial charge < -0.3 is 5.32 Å². The van der Waals surface area contributed by atoms with Gasteiger partial charge in [0.15, 0.2) is 29.1 Å². The molecule has 0 spiro atoms. The molecular weight excluding hydrogens is 352 g/mol. The molecule has 10 heteroatoms. The predicted molar refractivity (Wildman–Crippen MR) is 88.3 cm³/mol. The molecule has 134 valence electrons. The fraction of sp³-hybridized carbons (Fsp3) is 0.0625. The molecule has 0 atom stereocenters. The van der Waals surface area contributed by atoms with Crippen LogP contribution in [0.15, 0.2) is 36.5 Å². The lowest BCUT2D eigenvalue weighted by Gasteiger charge is -2.13. The zero-order valence-corrected chi connectivity index (χ0v) is 13.3. The predicted octanol–water partition coefficient (Wildman–Crippen LogP) is 3.58. The molecule has 0 aliphatic carbocycles. The lowest BCUT2D eigenvalue weighted by atomic mass is 10.2. The summed E-state index contributed by atoms with van der Waals surface area (Å²) in [7, 11) is 1.58. The molecule has 0 unspecified atom stereocenters. The van der Waals surface area contributed by atoms with Crippen molar-refractivity contribution in [3.8, 4) is 11.4 Å². The number of nitrogens with one attached hydrogen (secondary N) is 3. The van der Waals surface area contributed by atoms with Crippen LogP contribution in [0.5, 0.6) is 0 Å². The number of benzene rings is 1. The highest BCUT2D eigenvalue weighted by molar-refractivity contribution is 5.62. The van der Waals surface area contributed by atoms with Crippen molar-refractivity contribution in [2.45, 2.75) is 0 Å². The second-order valence-electron chi connectivity index (χ2n) is 5.02. The molecular formula is C16H12F4N6. The second-order valence-corrected chi connectivity index (χ2v) is 5.02. The number of hydrogen-bond donors (Lipinski definition) is 3. The average molecular weight is 364 g/mol. The quantitative estimate of drug-likeness (QED) is 0.365. The van der Waals surface area contributed by atoms with Gasteiger partial charge in [-0.05, 0) is 12.1 Å². The van der Waals surface area contributed by atoms with Gasteiger partial charge in [0, 0.05) is 25.4 Å². The SMILES string of the molecule is CNc1nc(NNc2c(F)c(F)cc(F)c2F)cc(-c2ccccn2)n1. The van der Waals surface area contributed by atoms with Gasteiger partial charge in [-0.15, -0.1) is 0 Å². The van der Waals surface area contributed by atoms with Gasteiger partial charge in [0.2, 0.25) is 5.95 Å². The molecule has 0 amide bonds. The molecule has 0 aliphatic heterocycles. The molecule has 3 aromatic rings. The standard InChI is InChI=1S/C16H12F4N6/c1-21-16-23-11(10-4-2-3-5-22-10)7-12(24-16)25-26-15-13(19)8(17)6-9(18)14(15)20/h2-7,26H,1H3,(H2,21,23,24,25). The normalized spacial score (nSPS) is 10.5. The van der Waals surface area contributed by atoms with Crippen LogP contribution in [0.4, 0.5) is 35.0 Å². The largest absolute Gasteiger partial charge is 0.357 e. The van der Waals surface area contributed by atoms with Crippen LogP contribution < -0.4 is 16.2 Å². The van der Waals surface area contributed by atoms with Gasteiger partial charge in [-0.25, -0.2) is 22.5 Å². The number of halogens is 4. The van der Waals surface area contributed by atoms with Gasteiger partial charge in [-0.1, -0.05) is 6.07 Å². The van der Waals surface area contributed by atoms with E-state index in [2.05, 4.69) is 31.1 Å². The number of pyridine rings is 1. The van der Waals surface area contributed by atoms with Gasteiger partial charge >= 0.3 is 0 Å². The molecule has 2 heterocycles. The van der Waals surface area contributed by atoms with E-state index in [1.807, 2.05) is 0 Å². The lowest BCUT2D eigenvalue weighted by molar-refractivity contribution is 0.459. The lowest BCUT2D eigenvalue weighted by Crippen LogP contribution is -2.15. The van der Waals surface area contributed by atoms with E-state index >= 15 is 0 Å². The molecule has 0 radical (unpaired) electrons. The van der Waals surface area contributed by atoms with Gasteiger partial charge in [0.25, 0.3) is 0 Å². The Kier molecular flexibility index (Phi) is 4.83. The number of hydrogen-bond acceptors (Lipinski definition) is 6. The maximum Gasteiger partial charge on any atom is 0.225 e. The van der Waals surface area contributed by atoms with Crippen molar-refractivity contribution in [2.75, 3.05) is 23.2 Å². The number of hydrazine groups is 1. The summed E-state index contributed by atoms with van der Waals surface area (Å²) < 4.78 is 53.9. The summed E-state index contributed by atoms with van der Waals surface area (Å²) in [6, 6.07) is 6.77. The summed E-state index contributed by atoms with van der Waals surface area (Å²) in [5.41, 5.74) is 4.43. The van der Waals surface area contributed by atoms with Crippen molar-refractivity contribution in [3.63, 3.8) is 0 Å². The van der Waals surface area contributed by atoms with E-state index in [-0.39, 0.29) is 17.8 Å². The molecule has 3 N–H and O–H groups in total. The summed E-state index contributed by atoms with van der Waals surface area (Å²) in [5.74, 6) is -5.90.